The maximum Gasteiger partial charge on any atom is 0.285 e. The zero-order valence-electron chi connectivity index (χ0n) is 11.4. The van der Waals surface area contributed by atoms with Gasteiger partial charge in [-0.2, -0.15) is 0 Å². The van der Waals surface area contributed by atoms with Crippen molar-refractivity contribution in [3.63, 3.8) is 0 Å². The van der Waals surface area contributed by atoms with E-state index in [9.17, 15) is 19.3 Å². The van der Waals surface area contributed by atoms with Crippen molar-refractivity contribution in [3.05, 3.63) is 39.7 Å². The zero-order valence-corrected chi connectivity index (χ0v) is 11.4. The first kappa shape index (κ1) is 16.0. The van der Waals surface area contributed by atoms with Gasteiger partial charge in [-0.1, -0.05) is 13.8 Å². The van der Waals surface area contributed by atoms with E-state index >= 15 is 0 Å². The van der Waals surface area contributed by atoms with Crippen LogP contribution in [0.5, 0.6) is 0 Å². The fraction of sp³-hybridized carbons (Fsp3) is 0.462. The lowest BCUT2D eigenvalue weighted by Crippen LogP contribution is -2.34. The monoisotopic (exact) mass is 284 g/mol. The van der Waals surface area contributed by atoms with Gasteiger partial charge in [-0.25, -0.2) is 4.39 Å². The van der Waals surface area contributed by atoms with Gasteiger partial charge in [0.25, 0.3) is 11.6 Å². The Labute approximate surface area is 115 Å². The summed E-state index contributed by atoms with van der Waals surface area (Å²) in [5.41, 5.74) is -1.09. The fourth-order valence-corrected chi connectivity index (χ4v) is 1.65. The molecule has 0 radical (unpaired) electrons. The highest BCUT2D eigenvalue weighted by Crippen LogP contribution is 2.21. The SMILES string of the molecule is CC(C)(CCO)CNC(=O)c1ccc(F)cc1[N+](=O)[O-]. The molecule has 0 bridgehead atoms. The topological polar surface area (TPSA) is 92.5 Å². The number of aliphatic hydroxyl groups is 1. The molecule has 0 aromatic heterocycles. The first-order valence-corrected chi connectivity index (χ1v) is 6.10. The third kappa shape index (κ3) is 4.27. The molecule has 110 valence electrons. The average Bonchev–Trinajstić information content (AvgIpc) is 2.35. The number of nitro groups is 1. The third-order valence-electron chi connectivity index (χ3n) is 2.92. The molecule has 6 nitrogen and oxygen atoms in total. The Morgan fingerprint density at radius 1 is 1.50 bits per heavy atom. The zero-order chi connectivity index (χ0) is 15.3. The Bertz CT molecular complexity index is 517. The van der Waals surface area contributed by atoms with E-state index in [1.54, 1.807) is 0 Å². The van der Waals surface area contributed by atoms with Crippen molar-refractivity contribution in [1.82, 2.24) is 5.32 Å². The van der Waals surface area contributed by atoms with Crippen LogP contribution in [0.15, 0.2) is 18.2 Å². The number of carbonyl (C=O) groups is 1. The Morgan fingerprint density at radius 2 is 2.15 bits per heavy atom. The molecule has 1 aromatic rings. The molecule has 20 heavy (non-hydrogen) atoms. The number of rotatable bonds is 6. The molecule has 0 unspecified atom stereocenters. The van der Waals surface area contributed by atoms with Gasteiger partial charge in [0.1, 0.15) is 11.4 Å². The molecule has 0 spiro atoms. The van der Waals surface area contributed by atoms with E-state index in [0.717, 1.165) is 12.1 Å². The lowest BCUT2D eigenvalue weighted by molar-refractivity contribution is -0.385. The predicted molar refractivity (Wildman–Crippen MR) is 70.9 cm³/mol. The second kappa shape index (κ2) is 6.42. The molecule has 0 heterocycles. The van der Waals surface area contributed by atoms with E-state index in [-0.39, 0.29) is 24.1 Å². The number of hydrogen-bond acceptors (Lipinski definition) is 4. The summed E-state index contributed by atoms with van der Waals surface area (Å²) in [5.74, 6) is -1.41. The minimum absolute atomic E-state index is 0.0143. The lowest BCUT2D eigenvalue weighted by Gasteiger charge is -2.23. The molecule has 1 amide bonds. The van der Waals surface area contributed by atoms with E-state index in [1.807, 2.05) is 13.8 Å². The minimum Gasteiger partial charge on any atom is -0.396 e. The first-order chi connectivity index (χ1) is 9.26. The van der Waals surface area contributed by atoms with Crippen LogP contribution >= 0.6 is 0 Å². The molecule has 0 aliphatic rings. The molecular formula is C13H17FN2O4. The summed E-state index contributed by atoms with van der Waals surface area (Å²) in [6, 6.07) is 2.80. The van der Waals surface area contributed by atoms with Crippen molar-refractivity contribution in [2.24, 2.45) is 5.41 Å². The summed E-state index contributed by atoms with van der Waals surface area (Å²) in [4.78, 5) is 21.9. The number of nitrogens with zero attached hydrogens (tertiary/aromatic N) is 1. The molecule has 1 rings (SSSR count). The summed E-state index contributed by atoms with van der Waals surface area (Å²) in [6.07, 6.45) is 0.485. The van der Waals surface area contributed by atoms with Crippen molar-refractivity contribution in [3.8, 4) is 0 Å². The van der Waals surface area contributed by atoms with Gasteiger partial charge in [-0.05, 0) is 24.0 Å². The summed E-state index contributed by atoms with van der Waals surface area (Å²) in [6.45, 7) is 3.94. The third-order valence-corrected chi connectivity index (χ3v) is 2.92. The summed E-state index contributed by atoms with van der Waals surface area (Å²) >= 11 is 0. The van der Waals surface area contributed by atoms with Crippen LogP contribution in [0.25, 0.3) is 0 Å². The summed E-state index contributed by atoms with van der Waals surface area (Å²) in [7, 11) is 0. The van der Waals surface area contributed by atoms with Gasteiger partial charge in [0, 0.05) is 13.2 Å². The van der Waals surface area contributed by atoms with E-state index in [1.165, 1.54) is 0 Å². The molecule has 0 saturated carbocycles. The van der Waals surface area contributed by atoms with Crippen LogP contribution in [0.3, 0.4) is 0 Å². The van der Waals surface area contributed by atoms with Crippen LogP contribution in [0, 0.1) is 21.3 Å². The number of amides is 1. The van der Waals surface area contributed by atoms with Crippen LogP contribution in [0.4, 0.5) is 10.1 Å². The molecule has 7 heteroatoms. The van der Waals surface area contributed by atoms with Gasteiger partial charge < -0.3 is 10.4 Å². The Kier molecular flexibility index (Phi) is 5.15. The largest absolute Gasteiger partial charge is 0.396 e. The standard InChI is InChI=1S/C13H17FN2O4/c1-13(2,5-6-17)8-15-12(18)10-4-3-9(14)7-11(10)16(19)20/h3-4,7,17H,5-6,8H2,1-2H3,(H,15,18). The second-order valence-electron chi connectivity index (χ2n) is 5.24. The number of aliphatic hydroxyl groups excluding tert-OH is 1. The second-order valence-corrected chi connectivity index (χ2v) is 5.24. The molecule has 0 aliphatic carbocycles. The number of hydrogen-bond donors (Lipinski definition) is 2. The van der Waals surface area contributed by atoms with Crippen LogP contribution in [-0.2, 0) is 0 Å². The molecule has 1 aromatic carbocycles. The van der Waals surface area contributed by atoms with E-state index < -0.39 is 22.3 Å². The number of nitrogens with one attached hydrogen (secondary N) is 1. The number of nitro benzene ring substituents is 1. The molecule has 0 saturated heterocycles. The summed E-state index contributed by atoms with van der Waals surface area (Å²) < 4.78 is 13.0. The highest BCUT2D eigenvalue weighted by Gasteiger charge is 2.23. The quantitative estimate of drug-likeness (QED) is 0.616. The van der Waals surface area contributed by atoms with Crippen LogP contribution in [-0.4, -0.2) is 29.1 Å². The van der Waals surface area contributed by atoms with Gasteiger partial charge in [-0.3, -0.25) is 14.9 Å². The normalized spacial score (nSPS) is 11.2. The first-order valence-electron chi connectivity index (χ1n) is 6.10. The Morgan fingerprint density at radius 3 is 2.70 bits per heavy atom. The molecule has 0 atom stereocenters. The smallest absolute Gasteiger partial charge is 0.285 e. The maximum absolute atomic E-state index is 13.0. The lowest BCUT2D eigenvalue weighted by atomic mass is 9.89. The van der Waals surface area contributed by atoms with Crippen molar-refractivity contribution >= 4 is 11.6 Å². The Balaban J connectivity index is 2.85. The van der Waals surface area contributed by atoms with E-state index in [0.29, 0.717) is 12.5 Å². The van der Waals surface area contributed by atoms with Gasteiger partial charge in [0.15, 0.2) is 0 Å². The molecule has 2 N–H and O–H groups in total. The van der Waals surface area contributed by atoms with Crippen molar-refractivity contribution in [2.45, 2.75) is 20.3 Å². The highest BCUT2D eigenvalue weighted by molar-refractivity contribution is 5.98. The number of benzene rings is 1. The Hall–Kier alpha value is -2.02. The van der Waals surface area contributed by atoms with Crippen LogP contribution < -0.4 is 5.32 Å². The van der Waals surface area contributed by atoms with Crippen molar-refractivity contribution in [2.75, 3.05) is 13.2 Å². The van der Waals surface area contributed by atoms with E-state index in [4.69, 9.17) is 5.11 Å². The fourth-order valence-electron chi connectivity index (χ4n) is 1.65. The van der Waals surface area contributed by atoms with Crippen LogP contribution in [0.1, 0.15) is 30.6 Å². The van der Waals surface area contributed by atoms with Gasteiger partial charge in [0.2, 0.25) is 0 Å². The van der Waals surface area contributed by atoms with Crippen molar-refractivity contribution < 1.29 is 19.2 Å². The van der Waals surface area contributed by atoms with Gasteiger partial charge >= 0.3 is 0 Å². The van der Waals surface area contributed by atoms with Gasteiger partial charge in [0.05, 0.1) is 11.0 Å². The maximum atomic E-state index is 13.0. The summed E-state index contributed by atoms with van der Waals surface area (Å²) in [5, 5.41) is 22.3. The molecule has 0 fully saturated rings. The minimum atomic E-state index is -0.795. The number of carbonyl (C=O) groups excluding carboxylic acids is 1. The molecule has 0 aliphatic heterocycles. The van der Waals surface area contributed by atoms with E-state index in [2.05, 4.69) is 5.32 Å². The van der Waals surface area contributed by atoms with Gasteiger partial charge in [-0.15, -0.1) is 0 Å². The predicted octanol–water partition coefficient (Wildman–Crippen LogP) is 1.87. The van der Waals surface area contributed by atoms with Crippen molar-refractivity contribution in [1.29, 1.82) is 0 Å². The number of halogens is 1. The average molecular weight is 284 g/mol. The highest BCUT2D eigenvalue weighted by atomic mass is 19.1. The van der Waals surface area contributed by atoms with Crippen LogP contribution in [0.2, 0.25) is 0 Å². The molecular weight excluding hydrogens is 267 g/mol.